The van der Waals surface area contributed by atoms with Gasteiger partial charge in [0, 0.05) is 41.3 Å². The van der Waals surface area contributed by atoms with Gasteiger partial charge < -0.3 is 29.8 Å². The van der Waals surface area contributed by atoms with Gasteiger partial charge in [-0.05, 0) is 56.0 Å². The highest BCUT2D eigenvalue weighted by molar-refractivity contribution is 5.89. The Morgan fingerprint density at radius 3 is 2.84 bits per heavy atom. The molecule has 0 saturated carbocycles. The summed E-state index contributed by atoms with van der Waals surface area (Å²) in [7, 11) is 2.05. The summed E-state index contributed by atoms with van der Waals surface area (Å²) in [6, 6.07) is 6.32. The summed E-state index contributed by atoms with van der Waals surface area (Å²) >= 11 is 0. The fourth-order valence-corrected chi connectivity index (χ4v) is 4.33. The van der Waals surface area contributed by atoms with Gasteiger partial charge in [-0.1, -0.05) is 13.3 Å². The van der Waals surface area contributed by atoms with Crippen LogP contribution in [0.5, 0.6) is 11.5 Å². The fourth-order valence-electron chi connectivity index (χ4n) is 4.33. The molecule has 3 aromatic rings. The number of unbranched alkanes of at least 4 members (excludes halogenated alkanes) is 1. The molecule has 0 bridgehead atoms. The molecule has 4 N–H and O–H groups in total. The van der Waals surface area contributed by atoms with Crippen LogP contribution in [0.2, 0.25) is 0 Å². The van der Waals surface area contributed by atoms with Crippen molar-refractivity contribution in [2.75, 3.05) is 6.54 Å². The van der Waals surface area contributed by atoms with E-state index in [4.69, 9.17) is 5.11 Å². The van der Waals surface area contributed by atoms with E-state index in [0.717, 1.165) is 60.8 Å². The molecule has 2 heterocycles. The van der Waals surface area contributed by atoms with Gasteiger partial charge in [0.25, 0.3) is 5.56 Å². The van der Waals surface area contributed by atoms with Gasteiger partial charge in [0.1, 0.15) is 0 Å². The number of H-pyrrole nitrogens is 1. The Hall–Kier alpha value is -3.26. The average molecular weight is 425 g/mol. The molecule has 0 amide bonds. The number of ether oxygens (including phenoxy) is 1. The standard InChI is InChI=1S/C23H27N3O5/c1-3-4-8-24-12-15-9-14-10-17-13(11-18(14)26(15)2)6-5-7-16-19(17)25-22(28)21(20(16)27)31-23(29)30/h9-11,24H,3-8,12H2,1-2H3,(H,29,30)(H2,25,27,28). The second kappa shape index (κ2) is 8.47. The molecule has 0 spiro atoms. The second-order valence-electron chi connectivity index (χ2n) is 8.00. The first-order valence-corrected chi connectivity index (χ1v) is 10.6. The summed E-state index contributed by atoms with van der Waals surface area (Å²) in [5, 5.41) is 24.0. The molecule has 0 fully saturated rings. The Morgan fingerprint density at radius 1 is 1.29 bits per heavy atom. The van der Waals surface area contributed by atoms with E-state index in [9.17, 15) is 14.7 Å². The van der Waals surface area contributed by atoms with Gasteiger partial charge in [0.15, 0.2) is 5.75 Å². The predicted octanol–water partition coefficient (Wildman–Crippen LogP) is 3.67. The van der Waals surface area contributed by atoms with Crippen LogP contribution in [0.25, 0.3) is 22.2 Å². The molecule has 0 atom stereocenters. The van der Waals surface area contributed by atoms with E-state index >= 15 is 0 Å². The summed E-state index contributed by atoms with van der Waals surface area (Å²) in [6.45, 7) is 3.92. The van der Waals surface area contributed by atoms with Crippen LogP contribution in [-0.4, -0.2) is 32.5 Å². The molecule has 164 valence electrons. The highest BCUT2D eigenvalue weighted by atomic mass is 16.7. The Kier molecular flexibility index (Phi) is 5.73. The Labute approximate surface area is 179 Å². The number of carbonyl (C=O) groups is 1. The van der Waals surface area contributed by atoms with Gasteiger partial charge in [-0.3, -0.25) is 4.79 Å². The van der Waals surface area contributed by atoms with Gasteiger partial charge >= 0.3 is 6.16 Å². The van der Waals surface area contributed by atoms with Crippen molar-refractivity contribution in [2.24, 2.45) is 7.05 Å². The van der Waals surface area contributed by atoms with Crippen LogP contribution in [0.3, 0.4) is 0 Å². The van der Waals surface area contributed by atoms with Crippen LogP contribution in [0.1, 0.15) is 43.0 Å². The number of pyridine rings is 1. The highest BCUT2D eigenvalue weighted by Gasteiger charge is 2.25. The van der Waals surface area contributed by atoms with Crippen molar-refractivity contribution < 1.29 is 19.7 Å². The molecule has 0 unspecified atom stereocenters. The minimum absolute atomic E-state index is 0.400. The lowest BCUT2D eigenvalue weighted by atomic mass is 9.99. The van der Waals surface area contributed by atoms with E-state index in [-0.39, 0.29) is 0 Å². The molecule has 0 radical (unpaired) electrons. The van der Waals surface area contributed by atoms with Crippen molar-refractivity contribution >= 4 is 17.1 Å². The van der Waals surface area contributed by atoms with Crippen molar-refractivity contribution in [1.29, 1.82) is 0 Å². The summed E-state index contributed by atoms with van der Waals surface area (Å²) in [5.41, 5.74) is 4.50. The first-order chi connectivity index (χ1) is 14.9. The van der Waals surface area contributed by atoms with Crippen molar-refractivity contribution in [3.05, 3.63) is 45.4 Å². The van der Waals surface area contributed by atoms with E-state index in [1.165, 1.54) is 5.69 Å². The summed E-state index contributed by atoms with van der Waals surface area (Å²) in [6.07, 6.45) is 2.70. The van der Waals surface area contributed by atoms with Crippen LogP contribution in [0, 0.1) is 0 Å². The summed E-state index contributed by atoms with van der Waals surface area (Å²) in [4.78, 5) is 26.1. The topological polar surface area (TPSA) is 117 Å². The van der Waals surface area contributed by atoms with Crippen molar-refractivity contribution in [3.63, 3.8) is 0 Å². The molecule has 8 heteroatoms. The number of nitrogens with one attached hydrogen (secondary N) is 2. The first kappa shape index (κ1) is 21.0. The van der Waals surface area contributed by atoms with E-state index in [1.54, 1.807) is 0 Å². The summed E-state index contributed by atoms with van der Waals surface area (Å²) < 4.78 is 6.71. The molecule has 8 nitrogen and oxygen atoms in total. The molecular formula is C23H27N3O5. The third-order valence-electron chi connectivity index (χ3n) is 5.96. The van der Waals surface area contributed by atoms with Crippen molar-refractivity contribution in [3.8, 4) is 22.8 Å². The lowest BCUT2D eigenvalue weighted by molar-refractivity contribution is 0.142. The van der Waals surface area contributed by atoms with Crippen LogP contribution in [0.4, 0.5) is 4.79 Å². The van der Waals surface area contributed by atoms with Gasteiger partial charge in [0.05, 0.1) is 5.69 Å². The molecule has 31 heavy (non-hydrogen) atoms. The number of benzene rings is 1. The SMILES string of the molecule is CCCCNCc1cc2cc3c(cc2n1C)CCCc1c-3[nH]c(=O)c(OC(=O)O)c1O. The van der Waals surface area contributed by atoms with Crippen LogP contribution in [0.15, 0.2) is 23.0 Å². The Bertz CT molecular complexity index is 1210. The van der Waals surface area contributed by atoms with Crippen molar-refractivity contribution in [2.45, 2.75) is 45.6 Å². The zero-order valence-corrected chi connectivity index (χ0v) is 17.7. The van der Waals surface area contributed by atoms with Crippen LogP contribution >= 0.6 is 0 Å². The number of hydrogen-bond donors (Lipinski definition) is 4. The van der Waals surface area contributed by atoms with Gasteiger partial charge in [-0.25, -0.2) is 4.79 Å². The van der Waals surface area contributed by atoms with Gasteiger partial charge in [-0.2, -0.15) is 0 Å². The van der Waals surface area contributed by atoms with Gasteiger partial charge in [0.2, 0.25) is 5.75 Å². The number of aromatic hydroxyl groups is 1. The second-order valence-corrected chi connectivity index (χ2v) is 8.00. The number of aromatic amines is 1. The fraction of sp³-hybridized carbons (Fsp3) is 0.391. The first-order valence-electron chi connectivity index (χ1n) is 10.6. The number of fused-ring (bicyclic) bond motifs is 4. The lowest BCUT2D eigenvalue weighted by Gasteiger charge is -2.13. The average Bonchev–Trinajstić information content (AvgIpc) is 2.92. The Morgan fingerprint density at radius 2 is 2.10 bits per heavy atom. The molecular weight excluding hydrogens is 398 g/mol. The molecule has 4 rings (SSSR count). The smallest absolute Gasteiger partial charge is 0.504 e. The molecule has 0 aliphatic heterocycles. The van der Waals surface area contributed by atoms with Crippen LogP contribution < -0.4 is 15.6 Å². The molecule has 2 aromatic heterocycles. The maximum atomic E-state index is 12.4. The highest BCUT2D eigenvalue weighted by Crippen LogP contribution is 2.40. The van der Waals surface area contributed by atoms with Gasteiger partial charge in [-0.15, -0.1) is 0 Å². The normalized spacial score (nSPS) is 13.0. The zero-order valence-electron chi connectivity index (χ0n) is 17.7. The minimum atomic E-state index is -1.64. The number of carboxylic acid groups (broad SMARTS) is 1. The van der Waals surface area contributed by atoms with Crippen LogP contribution in [-0.2, 0) is 26.4 Å². The number of hydrogen-bond acceptors (Lipinski definition) is 5. The Balaban J connectivity index is 1.80. The monoisotopic (exact) mass is 425 g/mol. The number of nitrogens with zero attached hydrogens (tertiary/aromatic N) is 1. The number of aryl methyl sites for hydroxylation is 2. The molecule has 1 aromatic carbocycles. The zero-order chi connectivity index (χ0) is 22.1. The number of aromatic nitrogens is 2. The van der Waals surface area contributed by atoms with E-state index < -0.39 is 23.2 Å². The quantitative estimate of drug-likeness (QED) is 0.354. The maximum Gasteiger partial charge on any atom is 0.511 e. The molecule has 0 saturated heterocycles. The largest absolute Gasteiger partial charge is 0.511 e. The van der Waals surface area contributed by atoms with E-state index in [1.807, 2.05) is 6.07 Å². The number of rotatable bonds is 6. The molecule has 1 aliphatic rings. The predicted molar refractivity (Wildman–Crippen MR) is 118 cm³/mol. The van der Waals surface area contributed by atoms with E-state index in [2.05, 4.69) is 45.7 Å². The lowest BCUT2D eigenvalue weighted by Crippen LogP contribution is -2.17. The molecule has 1 aliphatic carbocycles. The third-order valence-corrected chi connectivity index (χ3v) is 5.96. The van der Waals surface area contributed by atoms with Crippen molar-refractivity contribution in [1.82, 2.24) is 14.9 Å². The maximum absolute atomic E-state index is 12.4. The third kappa shape index (κ3) is 3.90. The minimum Gasteiger partial charge on any atom is -0.504 e. The van der Waals surface area contributed by atoms with E-state index in [0.29, 0.717) is 17.7 Å². The summed E-state index contributed by atoms with van der Waals surface area (Å²) in [5.74, 6) is -0.973.